The second-order valence-corrected chi connectivity index (χ2v) is 5.99. The molecule has 0 radical (unpaired) electrons. The molecule has 0 heterocycles. The van der Waals surface area contributed by atoms with Crippen molar-refractivity contribution < 1.29 is 19.0 Å². The van der Waals surface area contributed by atoms with Gasteiger partial charge in [0.05, 0.1) is 5.92 Å². The van der Waals surface area contributed by atoms with Gasteiger partial charge in [0.1, 0.15) is 11.5 Å². The molecular formula is C21H24O4. The number of ketones is 1. The third kappa shape index (κ3) is 3.91. The summed E-state index contributed by atoms with van der Waals surface area (Å²) >= 11 is 0. The first-order chi connectivity index (χ1) is 12.2. The first-order valence-corrected chi connectivity index (χ1v) is 8.86. The number of rotatable bonds is 7. The van der Waals surface area contributed by atoms with Crippen molar-refractivity contribution in [2.45, 2.75) is 33.0 Å². The predicted molar refractivity (Wildman–Crippen MR) is 96.1 cm³/mol. The van der Waals surface area contributed by atoms with Gasteiger partial charge in [-0.25, -0.2) is 0 Å². The molecule has 3 rings (SSSR count). The average Bonchev–Trinajstić information content (AvgIpc) is 2.63. The summed E-state index contributed by atoms with van der Waals surface area (Å²) in [5, 5.41) is 0. The number of carbonyl (C=O) groups excluding carboxylic acids is 1. The zero-order valence-corrected chi connectivity index (χ0v) is 14.7. The van der Waals surface area contributed by atoms with Gasteiger partial charge in [0.2, 0.25) is 0 Å². The molecule has 4 heteroatoms. The zero-order valence-electron chi connectivity index (χ0n) is 14.7. The molecule has 0 N–H and O–H groups in total. The Kier molecular flexibility index (Phi) is 5.84. The van der Waals surface area contributed by atoms with Crippen molar-refractivity contribution in [2.24, 2.45) is 5.92 Å². The number of fused-ring (bicyclic) bond motifs is 1. The van der Waals surface area contributed by atoms with Crippen LogP contribution in [0.2, 0.25) is 0 Å². The predicted octanol–water partition coefficient (Wildman–Crippen LogP) is 4.62. The van der Waals surface area contributed by atoms with Gasteiger partial charge in [-0.3, -0.25) is 4.79 Å². The van der Waals surface area contributed by atoms with E-state index in [4.69, 9.17) is 14.2 Å². The van der Waals surface area contributed by atoms with E-state index < -0.39 is 6.29 Å². The number of hydrogen-bond acceptors (Lipinski definition) is 4. The minimum Gasteiger partial charge on any atom is -0.457 e. The van der Waals surface area contributed by atoms with E-state index in [9.17, 15) is 4.79 Å². The highest BCUT2D eigenvalue weighted by Gasteiger charge is 2.35. The Labute approximate surface area is 148 Å². The minimum absolute atomic E-state index is 0.0756. The first-order valence-electron chi connectivity index (χ1n) is 8.86. The van der Waals surface area contributed by atoms with E-state index in [0.717, 1.165) is 23.5 Å². The molecule has 1 aliphatic rings. The molecule has 1 atom stereocenters. The van der Waals surface area contributed by atoms with Crippen molar-refractivity contribution in [3.8, 4) is 11.5 Å². The monoisotopic (exact) mass is 340 g/mol. The van der Waals surface area contributed by atoms with E-state index in [1.54, 1.807) is 0 Å². The number of Topliss-reactive ketones (excluding diaryl/α,β-unsaturated/α-hetero) is 1. The molecule has 132 valence electrons. The molecule has 0 aromatic heterocycles. The second kappa shape index (κ2) is 8.28. The maximum Gasteiger partial charge on any atom is 0.171 e. The van der Waals surface area contributed by atoms with Crippen LogP contribution in [0.3, 0.4) is 0 Å². The molecule has 2 aromatic rings. The van der Waals surface area contributed by atoms with Crippen molar-refractivity contribution in [2.75, 3.05) is 13.2 Å². The highest BCUT2D eigenvalue weighted by atomic mass is 16.7. The summed E-state index contributed by atoms with van der Waals surface area (Å²) in [4.78, 5) is 13.0. The lowest BCUT2D eigenvalue weighted by molar-refractivity contribution is -0.158. The van der Waals surface area contributed by atoms with E-state index >= 15 is 0 Å². The van der Waals surface area contributed by atoms with Gasteiger partial charge in [0.15, 0.2) is 12.1 Å². The van der Waals surface area contributed by atoms with Gasteiger partial charge in [-0.2, -0.15) is 0 Å². The van der Waals surface area contributed by atoms with Crippen LogP contribution in [-0.4, -0.2) is 25.3 Å². The molecule has 0 aliphatic heterocycles. The third-order valence-electron chi connectivity index (χ3n) is 4.40. The molecule has 1 unspecified atom stereocenters. The van der Waals surface area contributed by atoms with Crippen LogP contribution in [0, 0.1) is 5.92 Å². The summed E-state index contributed by atoms with van der Waals surface area (Å²) in [6, 6.07) is 15.3. The fourth-order valence-corrected chi connectivity index (χ4v) is 3.26. The van der Waals surface area contributed by atoms with Crippen molar-refractivity contribution >= 4 is 5.78 Å². The summed E-state index contributed by atoms with van der Waals surface area (Å²) in [5.41, 5.74) is 1.69. The maximum absolute atomic E-state index is 13.0. The number of para-hydroxylation sites is 1. The van der Waals surface area contributed by atoms with Crippen LogP contribution in [-0.2, 0) is 15.9 Å². The highest BCUT2D eigenvalue weighted by Crippen LogP contribution is 2.36. The van der Waals surface area contributed by atoms with Crippen LogP contribution in [0.1, 0.15) is 36.2 Å². The van der Waals surface area contributed by atoms with Gasteiger partial charge >= 0.3 is 0 Å². The van der Waals surface area contributed by atoms with Gasteiger partial charge in [-0.15, -0.1) is 0 Å². The Morgan fingerprint density at radius 1 is 1.00 bits per heavy atom. The summed E-state index contributed by atoms with van der Waals surface area (Å²) in [6.45, 7) is 4.88. The normalized spacial score (nSPS) is 16.8. The molecule has 4 nitrogen and oxygen atoms in total. The number of hydrogen-bond donors (Lipinski definition) is 0. The van der Waals surface area contributed by atoms with Crippen molar-refractivity contribution in [3.63, 3.8) is 0 Å². The number of benzene rings is 2. The van der Waals surface area contributed by atoms with Crippen LogP contribution in [0.15, 0.2) is 48.5 Å². The number of carbonyl (C=O) groups is 1. The average molecular weight is 340 g/mol. The van der Waals surface area contributed by atoms with Crippen molar-refractivity contribution in [3.05, 3.63) is 59.7 Å². The van der Waals surface area contributed by atoms with Crippen LogP contribution < -0.4 is 4.74 Å². The number of ether oxygens (including phenoxy) is 3. The van der Waals surface area contributed by atoms with Crippen molar-refractivity contribution in [1.82, 2.24) is 0 Å². The molecule has 0 amide bonds. The molecular weight excluding hydrogens is 316 g/mol. The van der Waals surface area contributed by atoms with Gasteiger partial charge < -0.3 is 14.2 Å². The second-order valence-electron chi connectivity index (χ2n) is 5.99. The smallest absolute Gasteiger partial charge is 0.171 e. The SMILES string of the molecule is CCOC(OCC)C1CCc2c(Oc3ccccc3)cccc2C1=O. The molecule has 0 fully saturated rings. The highest BCUT2D eigenvalue weighted by molar-refractivity contribution is 6.01. The van der Waals surface area contributed by atoms with Gasteiger partial charge in [-0.05, 0) is 44.9 Å². The fourth-order valence-electron chi connectivity index (χ4n) is 3.26. The lowest BCUT2D eigenvalue weighted by Gasteiger charge is -2.30. The molecule has 25 heavy (non-hydrogen) atoms. The van der Waals surface area contributed by atoms with E-state index in [0.29, 0.717) is 25.2 Å². The summed E-state index contributed by atoms with van der Waals surface area (Å²) < 4.78 is 17.3. The fraction of sp³-hybridized carbons (Fsp3) is 0.381. The molecule has 2 aromatic carbocycles. The van der Waals surface area contributed by atoms with Crippen LogP contribution >= 0.6 is 0 Å². The van der Waals surface area contributed by atoms with E-state index in [1.807, 2.05) is 62.4 Å². The largest absolute Gasteiger partial charge is 0.457 e. The Hall–Kier alpha value is -2.17. The minimum atomic E-state index is -0.477. The van der Waals surface area contributed by atoms with Crippen LogP contribution in [0.4, 0.5) is 0 Å². The molecule has 0 saturated carbocycles. The van der Waals surface area contributed by atoms with E-state index in [2.05, 4.69) is 0 Å². The Bertz CT molecular complexity index is 705. The standard InChI is InChI=1S/C21H24O4/c1-3-23-21(24-4-2)18-14-13-16-17(20(18)22)11-8-12-19(16)25-15-9-6-5-7-10-15/h5-12,18,21H,3-4,13-14H2,1-2H3. The molecule has 0 spiro atoms. The molecule has 0 saturated heterocycles. The lowest BCUT2D eigenvalue weighted by atomic mass is 9.82. The maximum atomic E-state index is 13.0. The summed E-state index contributed by atoms with van der Waals surface area (Å²) in [5.74, 6) is 1.33. The first kappa shape index (κ1) is 17.6. The van der Waals surface area contributed by atoms with Crippen LogP contribution in [0.5, 0.6) is 11.5 Å². The summed E-state index contributed by atoms with van der Waals surface area (Å²) in [7, 11) is 0. The lowest BCUT2D eigenvalue weighted by Crippen LogP contribution is -2.36. The zero-order chi connectivity index (χ0) is 17.6. The topological polar surface area (TPSA) is 44.8 Å². The molecule has 0 bridgehead atoms. The Balaban J connectivity index is 1.85. The van der Waals surface area contributed by atoms with Gasteiger partial charge in [-0.1, -0.05) is 30.3 Å². The van der Waals surface area contributed by atoms with Crippen molar-refractivity contribution in [1.29, 1.82) is 0 Å². The molecule has 1 aliphatic carbocycles. The van der Waals surface area contributed by atoms with Crippen LogP contribution in [0.25, 0.3) is 0 Å². The van der Waals surface area contributed by atoms with Gasteiger partial charge in [0, 0.05) is 24.3 Å². The Morgan fingerprint density at radius 3 is 2.40 bits per heavy atom. The quantitative estimate of drug-likeness (QED) is 0.690. The Morgan fingerprint density at radius 2 is 1.72 bits per heavy atom. The third-order valence-corrected chi connectivity index (χ3v) is 4.40. The van der Waals surface area contributed by atoms with E-state index in [1.165, 1.54) is 0 Å². The van der Waals surface area contributed by atoms with Gasteiger partial charge in [0.25, 0.3) is 0 Å². The summed E-state index contributed by atoms with van der Waals surface area (Å²) in [6.07, 6.45) is 0.992. The van der Waals surface area contributed by atoms with E-state index in [-0.39, 0.29) is 11.7 Å².